The van der Waals surface area contributed by atoms with E-state index in [1.54, 1.807) is 11.8 Å². The van der Waals surface area contributed by atoms with Gasteiger partial charge in [-0.15, -0.1) is 0 Å². The lowest BCUT2D eigenvalue weighted by atomic mass is 10.1. The van der Waals surface area contributed by atoms with E-state index in [9.17, 15) is 0 Å². The number of aryl methyl sites for hydroxylation is 2. The number of nitrogen functional groups attached to an aromatic ring is 1. The molecule has 0 saturated carbocycles. The van der Waals surface area contributed by atoms with Gasteiger partial charge in [0, 0.05) is 20.5 Å². The van der Waals surface area contributed by atoms with Crippen LogP contribution in [0.2, 0.25) is 5.02 Å². The van der Waals surface area contributed by atoms with E-state index >= 15 is 0 Å². The summed E-state index contributed by atoms with van der Waals surface area (Å²) in [7, 11) is 0. The zero-order chi connectivity index (χ0) is 12.4. The molecule has 0 atom stereocenters. The van der Waals surface area contributed by atoms with Gasteiger partial charge < -0.3 is 5.73 Å². The minimum atomic E-state index is 0.753. The van der Waals surface area contributed by atoms with Crippen LogP contribution in [0.15, 0.2) is 46.2 Å². The van der Waals surface area contributed by atoms with Crippen LogP contribution in [0.1, 0.15) is 11.1 Å². The maximum absolute atomic E-state index is 6.05. The van der Waals surface area contributed by atoms with Crippen molar-refractivity contribution in [2.75, 3.05) is 5.73 Å². The Morgan fingerprint density at radius 1 is 1.06 bits per heavy atom. The maximum atomic E-state index is 6.05. The molecule has 2 rings (SSSR count). The first-order valence-corrected chi connectivity index (χ1v) is 6.56. The topological polar surface area (TPSA) is 26.0 Å². The molecule has 0 bridgehead atoms. The van der Waals surface area contributed by atoms with Crippen molar-refractivity contribution in [2.24, 2.45) is 0 Å². The van der Waals surface area contributed by atoms with Gasteiger partial charge in [-0.05, 0) is 55.3 Å². The van der Waals surface area contributed by atoms with Crippen LogP contribution < -0.4 is 5.73 Å². The summed E-state index contributed by atoms with van der Waals surface area (Å²) in [6.45, 7) is 4.14. The summed E-state index contributed by atoms with van der Waals surface area (Å²) in [4.78, 5) is 2.27. The standard InChI is InChI=1S/C14H14ClNS/c1-9-7-10(2)14(13(16)8-9)17-12-5-3-11(15)4-6-12/h3-8H,16H2,1-2H3. The Hall–Kier alpha value is -1.12. The van der Waals surface area contributed by atoms with Crippen molar-refractivity contribution in [1.29, 1.82) is 0 Å². The van der Waals surface area contributed by atoms with Gasteiger partial charge in [0.2, 0.25) is 0 Å². The van der Waals surface area contributed by atoms with Gasteiger partial charge in [-0.2, -0.15) is 0 Å². The first-order chi connectivity index (χ1) is 8.06. The van der Waals surface area contributed by atoms with Gasteiger partial charge in [0.15, 0.2) is 0 Å². The molecule has 0 aromatic heterocycles. The van der Waals surface area contributed by atoms with Gasteiger partial charge >= 0.3 is 0 Å². The monoisotopic (exact) mass is 263 g/mol. The zero-order valence-corrected chi connectivity index (χ0v) is 11.4. The quantitative estimate of drug-likeness (QED) is 0.796. The molecule has 0 amide bonds. The van der Waals surface area contributed by atoms with Crippen LogP contribution >= 0.6 is 23.4 Å². The van der Waals surface area contributed by atoms with Crippen LogP contribution in [0.4, 0.5) is 5.69 Å². The number of rotatable bonds is 2. The largest absolute Gasteiger partial charge is 0.398 e. The molecular formula is C14H14ClNS. The third kappa shape index (κ3) is 2.96. The summed E-state index contributed by atoms with van der Waals surface area (Å²) in [5, 5.41) is 0.753. The van der Waals surface area contributed by atoms with Crippen molar-refractivity contribution in [3.63, 3.8) is 0 Å². The molecule has 0 saturated heterocycles. The molecule has 0 heterocycles. The molecule has 2 aromatic carbocycles. The summed E-state index contributed by atoms with van der Waals surface area (Å²) in [6, 6.07) is 11.9. The average Bonchev–Trinajstić information content (AvgIpc) is 2.26. The zero-order valence-electron chi connectivity index (χ0n) is 9.83. The third-order valence-corrected chi connectivity index (χ3v) is 4.00. The molecule has 0 radical (unpaired) electrons. The fraction of sp³-hybridized carbons (Fsp3) is 0.143. The third-order valence-electron chi connectivity index (χ3n) is 2.48. The van der Waals surface area contributed by atoms with E-state index in [1.165, 1.54) is 11.1 Å². The van der Waals surface area contributed by atoms with E-state index in [0.29, 0.717) is 0 Å². The predicted molar refractivity (Wildman–Crippen MR) is 75.9 cm³/mol. The van der Waals surface area contributed by atoms with E-state index in [4.69, 9.17) is 17.3 Å². The second-order valence-corrected chi connectivity index (χ2v) is 5.58. The Bertz CT molecular complexity index is 511. The van der Waals surface area contributed by atoms with Crippen molar-refractivity contribution in [3.05, 3.63) is 52.5 Å². The SMILES string of the molecule is Cc1cc(C)c(Sc2ccc(Cl)cc2)c(N)c1. The lowest BCUT2D eigenvalue weighted by Gasteiger charge is -2.10. The second-order valence-electron chi connectivity index (χ2n) is 4.06. The Balaban J connectivity index is 2.33. The summed E-state index contributed by atoms with van der Waals surface area (Å²) >= 11 is 7.54. The Kier molecular flexibility index (Phi) is 3.65. The molecule has 0 fully saturated rings. The van der Waals surface area contributed by atoms with Crippen molar-refractivity contribution in [2.45, 2.75) is 23.6 Å². The van der Waals surface area contributed by atoms with E-state index in [0.717, 1.165) is 20.5 Å². The number of benzene rings is 2. The number of nitrogens with two attached hydrogens (primary N) is 1. The van der Waals surface area contributed by atoms with Crippen LogP contribution in [0.5, 0.6) is 0 Å². The predicted octanol–water partition coefficient (Wildman–Crippen LogP) is 4.69. The number of hydrogen-bond donors (Lipinski definition) is 1. The van der Waals surface area contributed by atoms with Crippen molar-refractivity contribution in [1.82, 2.24) is 0 Å². The molecule has 1 nitrogen and oxygen atoms in total. The van der Waals surface area contributed by atoms with E-state index in [2.05, 4.69) is 19.9 Å². The fourth-order valence-corrected chi connectivity index (χ4v) is 2.78. The van der Waals surface area contributed by atoms with Crippen LogP contribution in [0.3, 0.4) is 0 Å². The number of anilines is 1. The van der Waals surface area contributed by atoms with Gasteiger partial charge in [0.25, 0.3) is 0 Å². The maximum Gasteiger partial charge on any atom is 0.0461 e. The molecule has 0 aliphatic rings. The fourth-order valence-electron chi connectivity index (χ4n) is 1.75. The average molecular weight is 264 g/mol. The molecule has 0 spiro atoms. The second kappa shape index (κ2) is 5.03. The summed E-state index contributed by atoms with van der Waals surface area (Å²) in [5.41, 5.74) is 9.29. The van der Waals surface area contributed by atoms with E-state index in [-0.39, 0.29) is 0 Å². The Morgan fingerprint density at radius 3 is 2.29 bits per heavy atom. The molecule has 88 valence electrons. The van der Waals surface area contributed by atoms with Gasteiger partial charge in [0.05, 0.1) is 0 Å². The lowest BCUT2D eigenvalue weighted by molar-refractivity contribution is 1.26. The Labute approximate surface area is 111 Å². The molecular weight excluding hydrogens is 250 g/mol. The van der Waals surface area contributed by atoms with E-state index < -0.39 is 0 Å². The highest BCUT2D eigenvalue weighted by Crippen LogP contribution is 2.35. The number of hydrogen-bond acceptors (Lipinski definition) is 2. The summed E-state index contributed by atoms with van der Waals surface area (Å²) < 4.78 is 0. The highest BCUT2D eigenvalue weighted by molar-refractivity contribution is 7.99. The van der Waals surface area contributed by atoms with Gasteiger partial charge in [-0.3, -0.25) is 0 Å². The number of halogens is 1. The highest BCUT2D eigenvalue weighted by atomic mass is 35.5. The van der Waals surface area contributed by atoms with Crippen LogP contribution in [-0.4, -0.2) is 0 Å². The highest BCUT2D eigenvalue weighted by Gasteiger charge is 2.06. The molecule has 0 unspecified atom stereocenters. The first kappa shape index (κ1) is 12.3. The Morgan fingerprint density at radius 2 is 1.71 bits per heavy atom. The smallest absolute Gasteiger partial charge is 0.0461 e. The molecule has 2 N–H and O–H groups in total. The first-order valence-electron chi connectivity index (χ1n) is 5.36. The van der Waals surface area contributed by atoms with Gasteiger partial charge in [-0.1, -0.05) is 29.4 Å². The van der Waals surface area contributed by atoms with Crippen LogP contribution in [0.25, 0.3) is 0 Å². The molecule has 0 aliphatic carbocycles. The molecule has 3 heteroatoms. The van der Waals surface area contributed by atoms with Crippen LogP contribution in [-0.2, 0) is 0 Å². The molecule has 0 aliphatic heterocycles. The van der Waals surface area contributed by atoms with Gasteiger partial charge in [0.1, 0.15) is 0 Å². The van der Waals surface area contributed by atoms with Crippen molar-refractivity contribution < 1.29 is 0 Å². The van der Waals surface area contributed by atoms with Crippen molar-refractivity contribution in [3.8, 4) is 0 Å². The van der Waals surface area contributed by atoms with Crippen LogP contribution in [0, 0.1) is 13.8 Å². The minimum Gasteiger partial charge on any atom is -0.398 e. The molecule has 2 aromatic rings. The lowest BCUT2D eigenvalue weighted by Crippen LogP contribution is -1.92. The van der Waals surface area contributed by atoms with Gasteiger partial charge in [-0.25, -0.2) is 0 Å². The summed E-state index contributed by atoms with van der Waals surface area (Å²) in [5.74, 6) is 0. The normalized spacial score (nSPS) is 10.5. The minimum absolute atomic E-state index is 0.753. The van der Waals surface area contributed by atoms with E-state index in [1.807, 2.05) is 30.3 Å². The van der Waals surface area contributed by atoms with Crippen molar-refractivity contribution >= 4 is 29.1 Å². The molecule has 17 heavy (non-hydrogen) atoms. The summed E-state index contributed by atoms with van der Waals surface area (Å²) in [6.07, 6.45) is 0.